The first-order chi connectivity index (χ1) is 13.5. The molecule has 0 unspecified atom stereocenters. The number of carbonyl (C=O) groups is 1. The summed E-state index contributed by atoms with van der Waals surface area (Å²) >= 11 is 0. The number of ether oxygens (including phenoxy) is 1. The second-order valence-corrected chi connectivity index (χ2v) is 6.82. The Morgan fingerprint density at radius 2 is 1.75 bits per heavy atom. The predicted octanol–water partition coefficient (Wildman–Crippen LogP) is 4.91. The minimum atomic E-state index is -0.293. The van der Waals surface area contributed by atoms with Gasteiger partial charge in [0.1, 0.15) is 5.75 Å². The summed E-state index contributed by atoms with van der Waals surface area (Å²) in [4.78, 5) is 21.1. The van der Waals surface area contributed by atoms with E-state index in [1.54, 1.807) is 7.11 Å². The maximum absolute atomic E-state index is 12.5. The zero-order valence-electron chi connectivity index (χ0n) is 16.5. The Kier molecular flexibility index (Phi) is 5.89. The number of aryl methyl sites for hydroxylation is 1. The molecule has 0 saturated carbocycles. The molecule has 0 fully saturated rings. The molecule has 0 aliphatic rings. The Labute approximate surface area is 165 Å². The number of rotatable bonds is 6. The van der Waals surface area contributed by atoms with Gasteiger partial charge < -0.3 is 15.4 Å². The van der Waals surface area contributed by atoms with E-state index in [1.165, 1.54) is 18.0 Å². The van der Waals surface area contributed by atoms with Crippen molar-refractivity contribution in [3.63, 3.8) is 0 Å². The molecule has 6 nitrogen and oxygen atoms in total. The van der Waals surface area contributed by atoms with Gasteiger partial charge in [0.25, 0.3) is 5.91 Å². The first kappa shape index (κ1) is 19.4. The van der Waals surface area contributed by atoms with Gasteiger partial charge in [-0.3, -0.25) is 4.79 Å². The zero-order valence-corrected chi connectivity index (χ0v) is 16.5. The van der Waals surface area contributed by atoms with Crippen molar-refractivity contribution in [1.82, 2.24) is 9.97 Å². The van der Waals surface area contributed by atoms with Crippen LogP contribution in [-0.4, -0.2) is 23.0 Å². The minimum absolute atomic E-state index is 0.293. The molecule has 0 radical (unpaired) electrons. The van der Waals surface area contributed by atoms with Gasteiger partial charge in [0.05, 0.1) is 18.4 Å². The van der Waals surface area contributed by atoms with Gasteiger partial charge in [-0.1, -0.05) is 38.1 Å². The van der Waals surface area contributed by atoms with Crippen molar-refractivity contribution in [2.75, 3.05) is 17.7 Å². The Morgan fingerprint density at radius 1 is 1.04 bits per heavy atom. The lowest BCUT2D eigenvalue weighted by molar-refractivity contribution is 0.102. The van der Waals surface area contributed by atoms with Crippen LogP contribution in [0, 0.1) is 6.92 Å². The van der Waals surface area contributed by atoms with Crippen LogP contribution in [-0.2, 0) is 0 Å². The molecule has 0 aliphatic carbocycles. The molecule has 144 valence electrons. The second kappa shape index (κ2) is 8.52. The van der Waals surface area contributed by atoms with Crippen molar-refractivity contribution in [2.24, 2.45) is 0 Å². The first-order valence-electron chi connectivity index (χ1n) is 9.12. The SMILES string of the molecule is COc1ccc(C)cc1NC(=O)c1cnc(Nc2ccccc2C(C)C)nc1. The van der Waals surface area contributed by atoms with Crippen LogP contribution in [0.2, 0.25) is 0 Å². The van der Waals surface area contributed by atoms with E-state index in [0.29, 0.717) is 28.9 Å². The molecular formula is C22H24N4O2. The van der Waals surface area contributed by atoms with Crippen LogP contribution < -0.4 is 15.4 Å². The van der Waals surface area contributed by atoms with Crippen LogP contribution in [0.25, 0.3) is 0 Å². The van der Waals surface area contributed by atoms with Gasteiger partial charge >= 0.3 is 0 Å². The van der Waals surface area contributed by atoms with Gasteiger partial charge in [-0.15, -0.1) is 0 Å². The summed E-state index contributed by atoms with van der Waals surface area (Å²) in [5.74, 6) is 1.12. The third-order valence-corrected chi connectivity index (χ3v) is 4.35. The van der Waals surface area contributed by atoms with E-state index in [1.807, 2.05) is 43.3 Å². The van der Waals surface area contributed by atoms with Crippen LogP contribution in [0.3, 0.4) is 0 Å². The van der Waals surface area contributed by atoms with E-state index in [-0.39, 0.29) is 5.91 Å². The highest BCUT2D eigenvalue weighted by atomic mass is 16.5. The van der Waals surface area contributed by atoms with Crippen molar-refractivity contribution in [2.45, 2.75) is 26.7 Å². The van der Waals surface area contributed by atoms with E-state index in [2.05, 4.69) is 40.5 Å². The lowest BCUT2D eigenvalue weighted by Crippen LogP contribution is -2.14. The number of para-hydroxylation sites is 1. The summed E-state index contributed by atoms with van der Waals surface area (Å²) in [6.07, 6.45) is 3.01. The highest BCUT2D eigenvalue weighted by Gasteiger charge is 2.12. The number of carbonyl (C=O) groups excluding carboxylic acids is 1. The lowest BCUT2D eigenvalue weighted by Gasteiger charge is -2.13. The van der Waals surface area contributed by atoms with Crippen LogP contribution in [0.5, 0.6) is 5.75 Å². The Bertz CT molecular complexity index is 969. The van der Waals surface area contributed by atoms with E-state index >= 15 is 0 Å². The number of aromatic nitrogens is 2. The number of nitrogens with one attached hydrogen (secondary N) is 2. The fourth-order valence-corrected chi connectivity index (χ4v) is 2.86. The molecule has 0 saturated heterocycles. The Hall–Kier alpha value is -3.41. The van der Waals surface area contributed by atoms with E-state index < -0.39 is 0 Å². The third kappa shape index (κ3) is 4.46. The number of amides is 1. The van der Waals surface area contributed by atoms with Gasteiger partial charge in [0, 0.05) is 18.1 Å². The smallest absolute Gasteiger partial charge is 0.258 e. The summed E-state index contributed by atoms with van der Waals surface area (Å²) in [5.41, 5.74) is 4.14. The zero-order chi connectivity index (χ0) is 20.1. The minimum Gasteiger partial charge on any atom is -0.495 e. The summed E-state index contributed by atoms with van der Waals surface area (Å²) in [5, 5.41) is 6.07. The molecule has 1 aromatic heterocycles. The summed E-state index contributed by atoms with van der Waals surface area (Å²) in [7, 11) is 1.57. The fraction of sp³-hybridized carbons (Fsp3) is 0.227. The lowest BCUT2D eigenvalue weighted by atomic mass is 10.0. The second-order valence-electron chi connectivity index (χ2n) is 6.82. The fourth-order valence-electron chi connectivity index (χ4n) is 2.86. The average Bonchev–Trinajstić information content (AvgIpc) is 2.69. The molecular weight excluding hydrogens is 352 g/mol. The quantitative estimate of drug-likeness (QED) is 0.639. The van der Waals surface area contributed by atoms with Gasteiger partial charge in [0.15, 0.2) is 0 Å². The normalized spacial score (nSPS) is 10.6. The Morgan fingerprint density at radius 3 is 2.43 bits per heavy atom. The van der Waals surface area contributed by atoms with Gasteiger partial charge in [-0.25, -0.2) is 9.97 Å². The largest absolute Gasteiger partial charge is 0.495 e. The van der Waals surface area contributed by atoms with Gasteiger partial charge in [-0.2, -0.15) is 0 Å². The van der Waals surface area contributed by atoms with Gasteiger partial charge in [0.2, 0.25) is 5.95 Å². The van der Waals surface area contributed by atoms with E-state index in [4.69, 9.17) is 4.74 Å². The van der Waals surface area contributed by atoms with Crippen molar-refractivity contribution < 1.29 is 9.53 Å². The Balaban J connectivity index is 1.74. The summed E-state index contributed by atoms with van der Waals surface area (Å²) < 4.78 is 5.30. The first-order valence-corrected chi connectivity index (χ1v) is 9.12. The summed E-state index contributed by atoms with van der Waals surface area (Å²) in [6.45, 7) is 6.22. The maximum Gasteiger partial charge on any atom is 0.258 e. The van der Waals surface area contributed by atoms with Crippen LogP contribution in [0.1, 0.15) is 41.3 Å². The summed E-state index contributed by atoms with van der Waals surface area (Å²) in [6, 6.07) is 13.6. The van der Waals surface area contributed by atoms with Crippen LogP contribution >= 0.6 is 0 Å². The molecule has 0 atom stereocenters. The number of nitrogens with zero attached hydrogens (tertiary/aromatic N) is 2. The third-order valence-electron chi connectivity index (χ3n) is 4.35. The predicted molar refractivity (Wildman–Crippen MR) is 112 cm³/mol. The molecule has 28 heavy (non-hydrogen) atoms. The maximum atomic E-state index is 12.5. The molecule has 0 spiro atoms. The van der Waals surface area contributed by atoms with Crippen LogP contribution in [0.4, 0.5) is 17.3 Å². The van der Waals surface area contributed by atoms with Crippen LogP contribution in [0.15, 0.2) is 54.9 Å². The molecule has 2 N–H and O–H groups in total. The van der Waals surface area contributed by atoms with E-state index in [9.17, 15) is 4.79 Å². The average molecular weight is 376 g/mol. The molecule has 6 heteroatoms. The number of hydrogen-bond donors (Lipinski definition) is 2. The monoisotopic (exact) mass is 376 g/mol. The topological polar surface area (TPSA) is 76.1 Å². The van der Waals surface area contributed by atoms with Gasteiger partial charge in [-0.05, 0) is 42.2 Å². The standard InChI is InChI=1S/C22H24N4O2/c1-14(2)17-7-5-6-8-18(17)26-22-23-12-16(13-24-22)21(27)25-19-11-15(3)9-10-20(19)28-4/h5-14H,1-4H3,(H,25,27)(H,23,24,26). The van der Waals surface area contributed by atoms with Crippen molar-refractivity contribution >= 4 is 23.2 Å². The number of hydrogen-bond acceptors (Lipinski definition) is 5. The van der Waals surface area contributed by atoms with Crippen molar-refractivity contribution in [3.8, 4) is 5.75 Å². The molecule has 3 aromatic rings. The molecule has 0 aliphatic heterocycles. The highest BCUT2D eigenvalue weighted by molar-refractivity contribution is 6.04. The molecule has 1 heterocycles. The van der Waals surface area contributed by atoms with Crippen molar-refractivity contribution in [3.05, 3.63) is 71.5 Å². The molecule has 1 amide bonds. The molecule has 2 aromatic carbocycles. The van der Waals surface area contributed by atoms with Crippen molar-refractivity contribution in [1.29, 1.82) is 0 Å². The van der Waals surface area contributed by atoms with E-state index in [0.717, 1.165) is 11.3 Å². The number of benzene rings is 2. The number of anilines is 3. The molecule has 0 bridgehead atoms. The molecule has 3 rings (SSSR count). The number of methoxy groups -OCH3 is 1. The highest BCUT2D eigenvalue weighted by Crippen LogP contribution is 2.27.